The molecule has 1 aromatic carbocycles. The van der Waals surface area contributed by atoms with Gasteiger partial charge in [-0.15, -0.1) is 11.3 Å². The normalized spacial score (nSPS) is 10.4. The molecule has 0 aliphatic rings. The molecule has 0 saturated heterocycles. The van der Waals surface area contributed by atoms with Crippen molar-refractivity contribution in [3.05, 3.63) is 58.2 Å². The first-order chi connectivity index (χ1) is 9.75. The smallest absolute Gasteiger partial charge is 0.267 e. The minimum Gasteiger partial charge on any atom is -0.267 e. The summed E-state index contributed by atoms with van der Waals surface area (Å²) in [4.78, 5) is 13.1. The molecule has 0 unspecified atom stereocenters. The van der Waals surface area contributed by atoms with Crippen LogP contribution in [0.5, 0.6) is 0 Å². The molecule has 7 heteroatoms. The Kier molecular flexibility index (Phi) is 3.44. The highest BCUT2D eigenvalue weighted by atomic mass is 32.1. The predicted molar refractivity (Wildman–Crippen MR) is 80.9 cm³/mol. The van der Waals surface area contributed by atoms with Gasteiger partial charge in [0.15, 0.2) is 5.82 Å². The summed E-state index contributed by atoms with van der Waals surface area (Å²) in [6.45, 7) is 0. The number of nitrogens with one attached hydrogen (secondary N) is 2. The van der Waals surface area contributed by atoms with Crippen LogP contribution in [0.1, 0.15) is 10.4 Å². The lowest BCUT2D eigenvalue weighted by atomic mass is 10.2. The molecule has 0 spiro atoms. The monoisotopic (exact) mass is 302 g/mol. The molecule has 0 saturated carbocycles. The maximum absolute atomic E-state index is 12.2. The molecule has 0 fully saturated rings. The van der Waals surface area contributed by atoms with Crippen molar-refractivity contribution in [2.75, 3.05) is 5.43 Å². The third-order valence-corrected chi connectivity index (χ3v) is 3.80. The molecule has 0 aliphatic heterocycles. The van der Waals surface area contributed by atoms with E-state index >= 15 is 0 Å². The van der Waals surface area contributed by atoms with Gasteiger partial charge < -0.3 is 0 Å². The zero-order valence-corrected chi connectivity index (χ0v) is 11.9. The number of aromatic amines is 1. The second-order valence-corrected chi connectivity index (χ2v) is 5.31. The molecule has 5 nitrogen and oxygen atoms in total. The number of carbonyl (C=O) groups is 1. The van der Waals surface area contributed by atoms with Crippen LogP contribution >= 0.6 is 23.6 Å². The third-order valence-electron chi connectivity index (χ3n) is 2.66. The molecule has 2 N–H and O–H groups in total. The Labute approximate surface area is 123 Å². The van der Waals surface area contributed by atoms with Crippen LogP contribution < -0.4 is 5.43 Å². The highest BCUT2D eigenvalue weighted by molar-refractivity contribution is 7.71. The molecule has 20 heavy (non-hydrogen) atoms. The van der Waals surface area contributed by atoms with E-state index in [1.165, 1.54) is 16.0 Å². The number of aromatic nitrogens is 3. The second-order valence-electron chi connectivity index (χ2n) is 3.97. The lowest BCUT2D eigenvalue weighted by molar-refractivity contribution is 0.101. The van der Waals surface area contributed by atoms with Gasteiger partial charge >= 0.3 is 0 Å². The standard InChI is InChI=1S/C13H10N4OS2/c18-12(9-5-2-1-3-6-9)16-17-11(14-15-13(17)19)10-7-4-8-20-10/h1-8H,(H,15,19)(H,16,18). The van der Waals surface area contributed by atoms with Crippen molar-refractivity contribution in [1.29, 1.82) is 0 Å². The first-order valence-electron chi connectivity index (χ1n) is 5.83. The van der Waals surface area contributed by atoms with Crippen LogP contribution in [0, 0.1) is 4.77 Å². The largest absolute Gasteiger partial charge is 0.270 e. The number of hydrogen-bond acceptors (Lipinski definition) is 4. The molecule has 100 valence electrons. The van der Waals surface area contributed by atoms with Crippen molar-refractivity contribution < 1.29 is 4.79 Å². The van der Waals surface area contributed by atoms with E-state index in [1.54, 1.807) is 12.1 Å². The molecular formula is C13H10N4OS2. The zero-order valence-electron chi connectivity index (χ0n) is 10.2. The quantitative estimate of drug-likeness (QED) is 0.731. The van der Waals surface area contributed by atoms with Crippen LogP contribution in [0.2, 0.25) is 0 Å². The summed E-state index contributed by atoms with van der Waals surface area (Å²) < 4.78 is 1.83. The van der Waals surface area contributed by atoms with E-state index in [2.05, 4.69) is 15.6 Å². The molecular weight excluding hydrogens is 292 g/mol. The van der Waals surface area contributed by atoms with Crippen molar-refractivity contribution in [2.45, 2.75) is 0 Å². The number of H-pyrrole nitrogens is 1. The number of hydrogen-bond donors (Lipinski definition) is 2. The fraction of sp³-hybridized carbons (Fsp3) is 0. The van der Waals surface area contributed by atoms with E-state index in [-0.39, 0.29) is 5.91 Å². The van der Waals surface area contributed by atoms with Gasteiger partial charge in [0.05, 0.1) is 4.88 Å². The van der Waals surface area contributed by atoms with Gasteiger partial charge in [-0.1, -0.05) is 24.3 Å². The maximum Gasteiger partial charge on any atom is 0.270 e. The Morgan fingerprint density at radius 1 is 1.25 bits per heavy atom. The molecule has 0 aliphatic carbocycles. The Morgan fingerprint density at radius 3 is 2.75 bits per heavy atom. The lowest BCUT2D eigenvalue weighted by Crippen LogP contribution is -2.23. The number of nitrogens with zero attached hydrogens (tertiary/aromatic N) is 2. The van der Waals surface area contributed by atoms with E-state index in [1.807, 2.05) is 35.7 Å². The van der Waals surface area contributed by atoms with Crippen molar-refractivity contribution in [1.82, 2.24) is 14.9 Å². The predicted octanol–water partition coefficient (Wildman–Crippen LogP) is 3.05. The summed E-state index contributed by atoms with van der Waals surface area (Å²) in [6, 6.07) is 12.8. The van der Waals surface area contributed by atoms with Crippen LogP contribution in [-0.4, -0.2) is 20.8 Å². The number of rotatable bonds is 3. The van der Waals surface area contributed by atoms with Gasteiger partial charge in [-0.2, -0.15) is 5.10 Å². The molecule has 2 heterocycles. The molecule has 0 radical (unpaired) electrons. The van der Waals surface area contributed by atoms with E-state index < -0.39 is 0 Å². The summed E-state index contributed by atoms with van der Waals surface area (Å²) in [5.74, 6) is 0.357. The van der Waals surface area contributed by atoms with Crippen LogP contribution in [0.3, 0.4) is 0 Å². The highest BCUT2D eigenvalue weighted by Gasteiger charge is 2.13. The van der Waals surface area contributed by atoms with Gasteiger partial charge in [0, 0.05) is 5.56 Å². The molecule has 0 atom stereocenters. The van der Waals surface area contributed by atoms with Gasteiger partial charge in [0.1, 0.15) is 0 Å². The Balaban J connectivity index is 1.94. The van der Waals surface area contributed by atoms with Gasteiger partial charge in [-0.05, 0) is 35.8 Å². The minimum absolute atomic E-state index is 0.235. The highest BCUT2D eigenvalue weighted by Crippen LogP contribution is 2.21. The number of thiophene rings is 1. The van der Waals surface area contributed by atoms with Crippen LogP contribution in [-0.2, 0) is 0 Å². The SMILES string of the molecule is O=C(Nn1c(-c2cccs2)n[nH]c1=S)c1ccccc1. The van der Waals surface area contributed by atoms with E-state index in [0.717, 1.165) is 4.88 Å². The van der Waals surface area contributed by atoms with E-state index in [0.29, 0.717) is 16.2 Å². The third kappa shape index (κ3) is 2.40. The lowest BCUT2D eigenvalue weighted by Gasteiger charge is -2.07. The van der Waals surface area contributed by atoms with Crippen LogP contribution in [0.25, 0.3) is 10.7 Å². The number of benzene rings is 1. The van der Waals surface area contributed by atoms with Crippen molar-refractivity contribution in [3.63, 3.8) is 0 Å². The van der Waals surface area contributed by atoms with Gasteiger partial charge in [0.2, 0.25) is 4.77 Å². The number of carbonyl (C=O) groups excluding carboxylic acids is 1. The summed E-state index contributed by atoms with van der Waals surface area (Å²) in [5.41, 5.74) is 3.31. The van der Waals surface area contributed by atoms with Crippen LogP contribution in [0.4, 0.5) is 0 Å². The first-order valence-corrected chi connectivity index (χ1v) is 7.12. The summed E-state index contributed by atoms with van der Waals surface area (Å²) in [5, 5.41) is 8.78. The fourth-order valence-electron chi connectivity index (χ4n) is 1.73. The zero-order chi connectivity index (χ0) is 13.9. The topological polar surface area (TPSA) is 62.7 Å². The number of amides is 1. The molecule has 2 aromatic heterocycles. The second kappa shape index (κ2) is 5.40. The maximum atomic E-state index is 12.2. The van der Waals surface area contributed by atoms with Gasteiger partial charge in [-0.25, -0.2) is 9.77 Å². The summed E-state index contributed by atoms with van der Waals surface area (Å²) in [7, 11) is 0. The average Bonchev–Trinajstić information content (AvgIpc) is 3.11. The molecule has 0 bridgehead atoms. The van der Waals surface area contributed by atoms with E-state index in [9.17, 15) is 4.79 Å². The Hall–Kier alpha value is -2.25. The van der Waals surface area contributed by atoms with Gasteiger partial charge in [0.25, 0.3) is 5.91 Å². The van der Waals surface area contributed by atoms with Crippen LogP contribution in [0.15, 0.2) is 47.8 Å². The Bertz CT molecular complexity index is 774. The van der Waals surface area contributed by atoms with Crippen molar-refractivity contribution in [2.24, 2.45) is 0 Å². The Morgan fingerprint density at radius 2 is 2.05 bits per heavy atom. The average molecular weight is 302 g/mol. The molecule has 3 rings (SSSR count). The first kappa shape index (κ1) is 12.8. The minimum atomic E-state index is -0.235. The van der Waals surface area contributed by atoms with Crippen molar-refractivity contribution >= 4 is 29.5 Å². The molecule has 3 aromatic rings. The summed E-state index contributed by atoms with van der Waals surface area (Å²) in [6.07, 6.45) is 0. The van der Waals surface area contributed by atoms with Gasteiger partial charge in [-0.3, -0.25) is 10.2 Å². The van der Waals surface area contributed by atoms with Crippen molar-refractivity contribution in [3.8, 4) is 10.7 Å². The molecule has 1 amide bonds. The fourth-order valence-corrected chi connectivity index (χ4v) is 2.61. The van der Waals surface area contributed by atoms with E-state index in [4.69, 9.17) is 12.2 Å². The summed E-state index contributed by atoms with van der Waals surface area (Å²) >= 11 is 6.68.